The number of carbonyl (C=O) groups is 2. The molecular weight excluding hydrogens is 575 g/mol. The van der Waals surface area contributed by atoms with Gasteiger partial charge < -0.3 is 15.4 Å². The Kier molecular flexibility index (Phi) is 9.10. The van der Waals surface area contributed by atoms with Crippen LogP contribution in [0.5, 0.6) is 0 Å². The average Bonchev–Trinajstić information content (AvgIpc) is 3.32. The molecular formula is C22H18Cl5F3N2O3. The van der Waals surface area contributed by atoms with E-state index in [9.17, 15) is 22.8 Å². The van der Waals surface area contributed by atoms with Crippen LogP contribution in [-0.4, -0.2) is 42.1 Å². The van der Waals surface area contributed by atoms with E-state index in [0.29, 0.717) is 15.6 Å². The number of nitrogens with one attached hydrogen (secondary N) is 2. The highest BCUT2D eigenvalue weighted by Crippen LogP contribution is 2.65. The van der Waals surface area contributed by atoms with E-state index in [2.05, 4.69) is 15.4 Å². The highest BCUT2D eigenvalue weighted by Gasteiger charge is 2.67. The number of halogens is 8. The van der Waals surface area contributed by atoms with Crippen molar-refractivity contribution >= 4 is 75.5 Å². The van der Waals surface area contributed by atoms with E-state index in [-0.39, 0.29) is 35.8 Å². The summed E-state index contributed by atoms with van der Waals surface area (Å²) in [5.74, 6) is -2.39. The van der Waals surface area contributed by atoms with Gasteiger partial charge in [-0.2, -0.15) is 13.2 Å². The molecule has 0 saturated heterocycles. The van der Waals surface area contributed by atoms with Crippen molar-refractivity contribution in [3.63, 3.8) is 0 Å². The first-order valence-corrected chi connectivity index (χ1v) is 12.1. The van der Waals surface area contributed by atoms with E-state index < -0.39 is 40.8 Å². The second-order valence-electron chi connectivity index (χ2n) is 7.79. The van der Waals surface area contributed by atoms with Crippen LogP contribution in [0.25, 0.3) is 0 Å². The van der Waals surface area contributed by atoms with Crippen LogP contribution in [0.15, 0.2) is 36.4 Å². The molecule has 1 aliphatic rings. The summed E-state index contributed by atoms with van der Waals surface area (Å²) in [4.78, 5) is 25.3. The SMILES string of the molecule is O=C(NCCCOCC(F)(F)F)c1cc(NC(=O)[C@H]2[C@H](c3cc(Cl)cc(Cl)c3)C2(Cl)Cl)ccc1Cl. The van der Waals surface area contributed by atoms with Crippen LogP contribution >= 0.6 is 58.0 Å². The van der Waals surface area contributed by atoms with Gasteiger partial charge in [0.25, 0.3) is 5.91 Å². The minimum atomic E-state index is -4.41. The summed E-state index contributed by atoms with van der Waals surface area (Å²) in [5, 5.41) is 6.09. The molecule has 190 valence electrons. The van der Waals surface area contributed by atoms with Gasteiger partial charge in [0.1, 0.15) is 10.9 Å². The molecule has 0 aliphatic heterocycles. The number of benzene rings is 2. The number of hydrogen-bond donors (Lipinski definition) is 2. The molecule has 1 saturated carbocycles. The number of ether oxygens (including phenoxy) is 1. The minimum Gasteiger partial charge on any atom is -0.372 e. The van der Waals surface area contributed by atoms with Gasteiger partial charge in [0.2, 0.25) is 5.91 Å². The Bertz CT molecular complexity index is 1090. The number of hydrogen-bond acceptors (Lipinski definition) is 3. The van der Waals surface area contributed by atoms with Gasteiger partial charge >= 0.3 is 6.18 Å². The summed E-state index contributed by atoms with van der Waals surface area (Å²) in [6.45, 7) is -1.47. The van der Waals surface area contributed by atoms with E-state index >= 15 is 0 Å². The molecule has 0 unspecified atom stereocenters. The maximum atomic E-state index is 12.9. The van der Waals surface area contributed by atoms with E-state index in [4.69, 9.17) is 58.0 Å². The van der Waals surface area contributed by atoms with Crippen LogP contribution in [0.1, 0.15) is 28.3 Å². The molecule has 1 fully saturated rings. The smallest absolute Gasteiger partial charge is 0.372 e. The number of alkyl halides is 5. The molecule has 2 aromatic rings. The highest BCUT2D eigenvalue weighted by molar-refractivity contribution is 6.53. The van der Waals surface area contributed by atoms with Crippen molar-refractivity contribution in [3.8, 4) is 0 Å². The Morgan fingerprint density at radius 2 is 1.69 bits per heavy atom. The first-order valence-electron chi connectivity index (χ1n) is 10.2. The van der Waals surface area contributed by atoms with Crippen molar-refractivity contribution in [1.82, 2.24) is 5.32 Å². The van der Waals surface area contributed by atoms with Crippen LogP contribution in [0.4, 0.5) is 18.9 Å². The van der Waals surface area contributed by atoms with Crippen LogP contribution in [0, 0.1) is 5.92 Å². The lowest BCUT2D eigenvalue weighted by atomic mass is 10.1. The molecule has 2 aromatic carbocycles. The van der Waals surface area contributed by atoms with Gasteiger partial charge in [0, 0.05) is 34.8 Å². The van der Waals surface area contributed by atoms with E-state index in [1.165, 1.54) is 18.2 Å². The molecule has 1 aliphatic carbocycles. The Labute approximate surface area is 224 Å². The van der Waals surface area contributed by atoms with Gasteiger partial charge in [-0.15, -0.1) is 23.2 Å². The Morgan fingerprint density at radius 3 is 2.31 bits per heavy atom. The first-order chi connectivity index (χ1) is 16.3. The molecule has 0 bridgehead atoms. The van der Waals surface area contributed by atoms with Gasteiger partial charge in [0.15, 0.2) is 0 Å². The fourth-order valence-electron chi connectivity index (χ4n) is 3.48. The molecule has 0 radical (unpaired) electrons. The second-order valence-corrected chi connectivity index (χ2v) is 10.5. The van der Waals surface area contributed by atoms with Gasteiger partial charge in [0.05, 0.1) is 16.5 Å². The standard InChI is InChI=1S/C22H18Cl5F3N2O3/c23-12-6-11(7-13(24)8-12)17-18(22(17,26)27)20(34)32-14-2-3-16(25)15(9-14)19(33)31-4-1-5-35-10-21(28,29)30/h2-3,6-9,17-18H,1,4-5,10H2,(H,31,33)(H,32,34)/t17-,18+/m0/s1. The van der Waals surface area contributed by atoms with Gasteiger partial charge in [-0.25, -0.2) is 0 Å². The summed E-state index contributed by atoms with van der Waals surface area (Å²) in [6.07, 6.45) is -4.24. The summed E-state index contributed by atoms with van der Waals surface area (Å²) < 4.78 is 39.3. The molecule has 0 heterocycles. The average molecular weight is 593 g/mol. The number of anilines is 1. The Balaban J connectivity index is 1.59. The fraction of sp³-hybridized carbons (Fsp3) is 0.364. The van der Waals surface area contributed by atoms with Gasteiger partial charge in [-0.1, -0.05) is 34.8 Å². The Hall–Kier alpha value is -1.42. The minimum absolute atomic E-state index is 0.0660. The molecule has 35 heavy (non-hydrogen) atoms. The zero-order valence-corrected chi connectivity index (χ0v) is 21.5. The Morgan fingerprint density at radius 1 is 1.03 bits per heavy atom. The lowest BCUT2D eigenvalue weighted by molar-refractivity contribution is -0.173. The third kappa shape index (κ3) is 7.54. The third-order valence-corrected chi connectivity index (χ3v) is 6.78. The van der Waals surface area contributed by atoms with Crippen molar-refractivity contribution < 1.29 is 27.5 Å². The summed E-state index contributed by atoms with van der Waals surface area (Å²) in [7, 11) is 0. The van der Waals surface area contributed by atoms with Crippen molar-refractivity contribution in [2.75, 3.05) is 25.1 Å². The second kappa shape index (κ2) is 11.3. The predicted octanol–water partition coefficient (Wildman–Crippen LogP) is 6.87. The van der Waals surface area contributed by atoms with Gasteiger partial charge in [-0.05, 0) is 48.4 Å². The quantitative estimate of drug-likeness (QED) is 0.247. The van der Waals surface area contributed by atoms with Crippen molar-refractivity contribution in [3.05, 3.63) is 62.6 Å². The monoisotopic (exact) mass is 590 g/mol. The fourth-order valence-corrected chi connectivity index (χ4v) is 5.05. The van der Waals surface area contributed by atoms with E-state index in [0.717, 1.165) is 0 Å². The molecule has 0 aromatic heterocycles. The molecule has 2 N–H and O–H groups in total. The maximum absolute atomic E-state index is 12.9. The van der Waals surface area contributed by atoms with Crippen molar-refractivity contribution in [2.45, 2.75) is 22.8 Å². The van der Waals surface area contributed by atoms with Crippen LogP contribution < -0.4 is 10.6 Å². The molecule has 2 atom stereocenters. The van der Waals surface area contributed by atoms with E-state index in [1.54, 1.807) is 18.2 Å². The molecule has 13 heteroatoms. The lowest BCUT2D eigenvalue weighted by Gasteiger charge is -2.11. The van der Waals surface area contributed by atoms with Gasteiger partial charge in [-0.3, -0.25) is 9.59 Å². The zero-order valence-electron chi connectivity index (χ0n) is 17.7. The molecule has 2 amide bonds. The van der Waals surface area contributed by atoms with Crippen LogP contribution in [0.3, 0.4) is 0 Å². The van der Waals surface area contributed by atoms with E-state index in [1.807, 2.05) is 0 Å². The van der Waals surface area contributed by atoms with Crippen LogP contribution in [0.2, 0.25) is 15.1 Å². The number of amides is 2. The zero-order chi connectivity index (χ0) is 26.0. The molecule has 0 spiro atoms. The maximum Gasteiger partial charge on any atom is 0.411 e. The summed E-state index contributed by atoms with van der Waals surface area (Å²) in [5.41, 5.74) is 0.956. The summed E-state index contributed by atoms with van der Waals surface area (Å²) in [6, 6.07) is 9.10. The number of carbonyl (C=O) groups excluding carboxylic acids is 2. The largest absolute Gasteiger partial charge is 0.411 e. The topological polar surface area (TPSA) is 67.4 Å². The van der Waals surface area contributed by atoms with Crippen molar-refractivity contribution in [2.24, 2.45) is 5.92 Å². The molecule has 5 nitrogen and oxygen atoms in total. The predicted molar refractivity (Wildman–Crippen MR) is 131 cm³/mol. The normalized spacial score (nSPS) is 18.7. The van der Waals surface area contributed by atoms with Crippen LogP contribution in [-0.2, 0) is 9.53 Å². The molecule has 3 rings (SSSR count). The lowest BCUT2D eigenvalue weighted by Crippen LogP contribution is -2.26. The highest BCUT2D eigenvalue weighted by atomic mass is 35.5. The first kappa shape index (κ1) is 28.2. The number of rotatable bonds is 9. The van der Waals surface area contributed by atoms with Crippen molar-refractivity contribution in [1.29, 1.82) is 0 Å². The third-order valence-electron chi connectivity index (χ3n) is 5.08. The summed E-state index contributed by atoms with van der Waals surface area (Å²) >= 11 is 30.9.